The molecule has 0 aliphatic heterocycles. The number of rotatable bonds is 0. The highest BCUT2D eigenvalue weighted by Crippen LogP contribution is 2.09. The second-order valence-electron chi connectivity index (χ2n) is 3.60. The maximum Gasteiger partial charge on any atom is 0.503 e. The van der Waals surface area contributed by atoms with Crippen molar-refractivity contribution >= 4 is 22.1 Å². The SMILES string of the molecule is CC(C)(O)C#Cc1ccc(Br)cc1.O=C(O)O. The first-order valence-electron chi connectivity index (χ1n) is 4.64. The van der Waals surface area contributed by atoms with Gasteiger partial charge >= 0.3 is 6.16 Å². The third-order valence-electron chi connectivity index (χ3n) is 1.36. The van der Waals surface area contributed by atoms with Gasteiger partial charge in [0.05, 0.1) is 0 Å². The second kappa shape index (κ2) is 6.94. The normalized spacial score (nSPS) is 9.41. The molecule has 0 saturated heterocycles. The Bertz CT molecular complexity index is 417. The first-order valence-corrected chi connectivity index (χ1v) is 5.43. The Kier molecular flexibility index (Phi) is 6.33. The van der Waals surface area contributed by atoms with E-state index in [1.807, 2.05) is 24.3 Å². The van der Waals surface area contributed by atoms with E-state index < -0.39 is 11.8 Å². The predicted octanol–water partition coefficient (Wildman–Crippen LogP) is 2.79. The van der Waals surface area contributed by atoms with Crippen molar-refractivity contribution in [3.63, 3.8) is 0 Å². The van der Waals surface area contributed by atoms with E-state index in [0.717, 1.165) is 10.0 Å². The van der Waals surface area contributed by atoms with Crippen LogP contribution in [0.5, 0.6) is 0 Å². The first-order chi connectivity index (χ1) is 7.70. The second-order valence-corrected chi connectivity index (χ2v) is 4.51. The molecule has 3 N–H and O–H groups in total. The molecule has 1 aromatic rings. The number of benzene rings is 1. The number of aliphatic hydroxyl groups is 1. The summed E-state index contributed by atoms with van der Waals surface area (Å²) in [5.74, 6) is 5.64. The molecule has 0 unspecified atom stereocenters. The van der Waals surface area contributed by atoms with Gasteiger partial charge < -0.3 is 15.3 Å². The van der Waals surface area contributed by atoms with Gasteiger partial charge in [0.1, 0.15) is 5.60 Å². The molecule has 4 nitrogen and oxygen atoms in total. The predicted molar refractivity (Wildman–Crippen MR) is 68.0 cm³/mol. The summed E-state index contributed by atoms with van der Waals surface area (Å²) >= 11 is 3.34. The van der Waals surface area contributed by atoms with E-state index in [2.05, 4.69) is 27.8 Å². The van der Waals surface area contributed by atoms with Gasteiger partial charge in [0, 0.05) is 10.0 Å². The Morgan fingerprint density at radius 2 is 1.65 bits per heavy atom. The molecule has 0 aliphatic carbocycles. The quantitative estimate of drug-likeness (QED) is 0.644. The summed E-state index contributed by atoms with van der Waals surface area (Å²) in [5, 5.41) is 23.3. The molecule has 1 aromatic carbocycles. The van der Waals surface area contributed by atoms with Crippen LogP contribution in [0.3, 0.4) is 0 Å². The lowest BCUT2D eigenvalue weighted by molar-refractivity contribution is 0.136. The van der Waals surface area contributed by atoms with Crippen molar-refractivity contribution in [3.05, 3.63) is 34.3 Å². The number of halogens is 1. The molecule has 0 saturated carbocycles. The lowest BCUT2D eigenvalue weighted by Gasteiger charge is -2.05. The van der Waals surface area contributed by atoms with Crippen LogP contribution in [0.2, 0.25) is 0 Å². The fourth-order valence-corrected chi connectivity index (χ4v) is 1.02. The molecule has 0 amide bonds. The lowest BCUT2D eigenvalue weighted by Crippen LogP contribution is -2.14. The van der Waals surface area contributed by atoms with Gasteiger partial charge in [0.15, 0.2) is 0 Å². The number of hydrogen-bond acceptors (Lipinski definition) is 2. The summed E-state index contributed by atoms with van der Waals surface area (Å²) in [7, 11) is 0. The molecule has 0 heterocycles. The molecule has 92 valence electrons. The molecule has 0 aromatic heterocycles. The van der Waals surface area contributed by atoms with Crippen LogP contribution in [-0.4, -0.2) is 27.1 Å². The van der Waals surface area contributed by atoms with Crippen LogP contribution in [-0.2, 0) is 0 Å². The summed E-state index contributed by atoms with van der Waals surface area (Å²) in [6.45, 7) is 3.33. The average Bonchev–Trinajstić information content (AvgIpc) is 2.15. The summed E-state index contributed by atoms with van der Waals surface area (Å²) in [4.78, 5) is 8.56. The lowest BCUT2D eigenvalue weighted by atomic mass is 10.1. The Morgan fingerprint density at radius 1 is 1.24 bits per heavy atom. The van der Waals surface area contributed by atoms with Crippen molar-refractivity contribution in [1.82, 2.24) is 0 Å². The topological polar surface area (TPSA) is 77.8 Å². The minimum Gasteiger partial charge on any atom is -0.450 e. The minimum absolute atomic E-state index is 0.908. The molecule has 0 aliphatic rings. The summed E-state index contributed by atoms with van der Waals surface area (Å²) in [5.41, 5.74) is -0.0158. The van der Waals surface area contributed by atoms with Gasteiger partial charge in [-0.25, -0.2) is 4.79 Å². The van der Waals surface area contributed by atoms with Crippen molar-refractivity contribution in [2.24, 2.45) is 0 Å². The third kappa shape index (κ3) is 10.8. The van der Waals surface area contributed by atoms with E-state index in [9.17, 15) is 5.11 Å². The molecule has 17 heavy (non-hydrogen) atoms. The van der Waals surface area contributed by atoms with Gasteiger partial charge in [-0.05, 0) is 38.1 Å². The van der Waals surface area contributed by atoms with E-state index in [1.165, 1.54) is 0 Å². The maximum absolute atomic E-state index is 9.35. The minimum atomic E-state index is -1.83. The summed E-state index contributed by atoms with van der Waals surface area (Å²) in [6, 6.07) is 7.66. The molecule has 0 radical (unpaired) electrons. The largest absolute Gasteiger partial charge is 0.503 e. The summed E-state index contributed by atoms with van der Waals surface area (Å²) < 4.78 is 1.03. The molecule has 0 fully saturated rings. The molecular formula is C12H13BrO4. The molecular weight excluding hydrogens is 288 g/mol. The highest BCUT2D eigenvalue weighted by Gasteiger charge is 2.05. The fraction of sp³-hybridized carbons (Fsp3) is 0.250. The van der Waals surface area contributed by atoms with Crippen LogP contribution in [0.4, 0.5) is 4.79 Å². The van der Waals surface area contributed by atoms with Gasteiger partial charge in [-0.1, -0.05) is 27.8 Å². The molecule has 0 spiro atoms. The van der Waals surface area contributed by atoms with E-state index in [0.29, 0.717) is 0 Å². The molecule has 1 rings (SSSR count). The highest BCUT2D eigenvalue weighted by atomic mass is 79.9. The van der Waals surface area contributed by atoms with Crippen LogP contribution in [0, 0.1) is 11.8 Å². The van der Waals surface area contributed by atoms with Crippen LogP contribution in [0.1, 0.15) is 19.4 Å². The van der Waals surface area contributed by atoms with E-state index in [1.54, 1.807) is 13.8 Å². The van der Waals surface area contributed by atoms with Crippen molar-refractivity contribution in [2.75, 3.05) is 0 Å². The van der Waals surface area contributed by atoms with Crippen molar-refractivity contribution in [3.8, 4) is 11.8 Å². The number of carbonyl (C=O) groups is 1. The first kappa shape index (κ1) is 15.5. The van der Waals surface area contributed by atoms with Crippen LogP contribution < -0.4 is 0 Å². The summed E-state index contributed by atoms with van der Waals surface area (Å²) in [6.07, 6.45) is -1.83. The van der Waals surface area contributed by atoms with Crippen LogP contribution in [0.25, 0.3) is 0 Å². The van der Waals surface area contributed by atoms with E-state index >= 15 is 0 Å². The zero-order valence-electron chi connectivity index (χ0n) is 9.44. The molecule has 0 atom stereocenters. The molecule has 5 heteroatoms. The van der Waals surface area contributed by atoms with Crippen molar-refractivity contribution in [2.45, 2.75) is 19.4 Å². The average molecular weight is 301 g/mol. The van der Waals surface area contributed by atoms with Crippen molar-refractivity contribution in [1.29, 1.82) is 0 Å². The van der Waals surface area contributed by atoms with Gasteiger partial charge in [-0.2, -0.15) is 0 Å². The Labute approximate surface area is 108 Å². The highest BCUT2D eigenvalue weighted by molar-refractivity contribution is 9.10. The van der Waals surface area contributed by atoms with Crippen molar-refractivity contribution < 1.29 is 20.1 Å². The van der Waals surface area contributed by atoms with Gasteiger partial charge in [0.2, 0.25) is 0 Å². The number of carboxylic acid groups (broad SMARTS) is 2. The van der Waals surface area contributed by atoms with E-state index in [4.69, 9.17) is 15.0 Å². The zero-order chi connectivity index (χ0) is 13.5. The standard InChI is InChI=1S/C11H11BrO.CH2O3/c1-11(2,13)8-7-9-3-5-10(12)6-4-9;2-1(3)4/h3-6,13H,1-2H3;(H2,2,3,4). The van der Waals surface area contributed by atoms with Crippen LogP contribution >= 0.6 is 15.9 Å². The zero-order valence-corrected chi connectivity index (χ0v) is 11.0. The smallest absolute Gasteiger partial charge is 0.450 e. The Hall–Kier alpha value is -1.51. The van der Waals surface area contributed by atoms with Gasteiger partial charge in [-0.15, -0.1) is 0 Å². The van der Waals surface area contributed by atoms with E-state index in [-0.39, 0.29) is 0 Å². The molecule has 0 bridgehead atoms. The monoisotopic (exact) mass is 300 g/mol. The van der Waals surface area contributed by atoms with Crippen LogP contribution in [0.15, 0.2) is 28.7 Å². The Balaban J connectivity index is 0.000000557. The number of hydrogen-bond donors (Lipinski definition) is 3. The fourth-order valence-electron chi connectivity index (χ4n) is 0.758. The van der Waals surface area contributed by atoms with Gasteiger partial charge in [0.25, 0.3) is 0 Å². The Morgan fingerprint density at radius 3 is 2.00 bits per heavy atom. The third-order valence-corrected chi connectivity index (χ3v) is 1.89. The van der Waals surface area contributed by atoms with Gasteiger partial charge in [-0.3, -0.25) is 0 Å². The maximum atomic E-state index is 9.35.